The van der Waals surface area contributed by atoms with E-state index in [1.807, 2.05) is 0 Å². The van der Waals surface area contributed by atoms with Crippen molar-refractivity contribution in [2.45, 2.75) is 32.9 Å². The van der Waals surface area contributed by atoms with E-state index in [-0.39, 0.29) is 35.6 Å². The molecule has 1 unspecified atom stereocenters. The Morgan fingerprint density at radius 3 is 2.73 bits per heavy atom. The van der Waals surface area contributed by atoms with Gasteiger partial charge in [0.05, 0.1) is 6.54 Å². The summed E-state index contributed by atoms with van der Waals surface area (Å²) in [7, 11) is 0. The first-order chi connectivity index (χ1) is 11.8. The lowest BCUT2D eigenvalue weighted by Crippen LogP contribution is -2.52. The number of carbonyl (C=O) groups is 1. The smallest absolute Gasteiger partial charge is 0.286 e. The SMILES string of the molecule is CC1(C)CN(Cc2nnc(C(=O)Nc3ccc(F)cc3)s2)CCC1N.Cl. The van der Waals surface area contributed by atoms with E-state index in [0.29, 0.717) is 17.2 Å². The number of hydrogen-bond acceptors (Lipinski definition) is 6. The molecule has 0 bridgehead atoms. The van der Waals surface area contributed by atoms with E-state index in [1.54, 1.807) is 0 Å². The molecule has 1 fully saturated rings. The van der Waals surface area contributed by atoms with Crippen molar-refractivity contribution in [3.05, 3.63) is 40.1 Å². The van der Waals surface area contributed by atoms with Gasteiger partial charge in [-0.15, -0.1) is 22.6 Å². The number of nitrogens with two attached hydrogens (primary N) is 1. The molecule has 3 rings (SSSR count). The molecule has 9 heteroatoms. The van der Waals surface area contributed by atoms with Gasteiger partial charge in [-0.05, 0) is 36.1 Å². The number of likely N-dealkylation sites (tertiary alicyclic amines) is 1. The van der Waals surface area contributed by atoms with Crippen molar-refractivity contribution in [3.63, 3.8) is 0 Å². The van der Waals surface area contributed by atoms with E-state index in [0.717, 1.165) is 24.5 Å². The zero-order valence-corrected chi connectivity index (χ0v) is 16.4. The van der Waals surface area contributed by atoms with Crippen molar-refractivity contribution in [2.75, 3.05) is 18.4 Å². The van der Waals surface area contributed by atoms with E-state index < -0.39 is 0 Å². The van der Waals surface area contributed by atoms with Gasteiger partial charge in [-0.3, -0.25) is 9.69 Å². The van der Waals surface area contributed by atoms with Crippen LogP contribution >= 0.6 is 23.7 Å². The molecule has 1 amide bonds. The van der Waals surface area contributed by atoms with Crippen LogP contribution in [-0.2, 0) is 6.54 Å². The predicted molar refractivity (Wildman–Crippen MR) is 103 cm³/mol. The molecule has 1 aliphatic heterocycles. The van der Waals surface area contributed by atoms with Crippen molar-refractivity contribution in [3.8, 4) is 0 Å². The van der Waals surface area contributed by atoms with Crippen molar-refractivity contribution < 1.29 is 9.18 Å². The van der Waals surface area contributed by atoms with Gasteiger partial charge in [0.15, 0.2) is 0 Å². The molecule has 26 heavy (non-hydrogen) atoms. The second-order valence-corrected chi connectivity index (χ2v) is 8.12. The highest BCUT2D eigenvalue weighted by molar-refractivity contribution is 7.13. The monoisotopic (exact) mass is 399 g/mol. The molecular formula is C17H23ClFN5OS. The van der Waals surface area contributed by atoms with Gasteiger partial charge in [-0.2, -0.15) is 0 Å². The fourth-order valence-corrected chi connectivity index (χ4v) is 3.72. The fourth-order valence-electron chi connectivity index (χ4n) is 2.94. The molecule has 1 aromatic carbocycles. The third-order valence-corrected chi connectivity index (χ3v) is 5.42. The van der Waals surface area contributed by atoms with Gasteiger partial charge in [-0.25, -0.2) is 4.39 Å². The van der Waals surface area contributed by atoms with Gasteiger partial charge in [0, 0.05) is 24.8 Å². The zero-order chi connectivity index (χ0) is 18.0. The Hall–Kier alpha value is -1.61. The Labute approximate surface area is 162 Å². The van der Waals surface area contributed by atoms with Crippen LogP contribution in [0.5, 0.6) is 0 Å². The van der Waals surface area contributed by atoms with Crippen molar-refractivity contribution >= 4 is 35.3 Å². The Morgan fingerprint density at radius 1 is 1.38 bits per heavy atom. The van der Waals surface area contributed by atoms with Crippen LogP contribution in [0, 0.1) is 11.2 Å². The van der Waals surface area contributed by atoms with Crippen LogP contribution in [0.3, 0.4) is 0 Å². The highest BCUT2D eigenvalue weighted by Gasteiger charge is 2.33. The number of anilines is 1. The molecule has 142 valence electrons. The summed E-state index contributed by atoms with van der Waals surface area (Å²) in [5.41, 5.74) is 6.75. The average Bonchev–Trinajstić information content (AvgIpc) is 3.01. The largest absolute Gasteiger partial charge is 0.327 e. The van der Waals surface area contributed by atoms with Gasteiger partial charge in [0.1, 0.15) is 10.8 Å². The normalized spacial score (nSPS) is 19.6. The quantitative estimate of drug-likeness (QED) is 0.825. The first-order valence-electron chi connectivity index (χ1n) is 8.21. The number of carbonyl (C=O) groups excluding carboxylic acids is 1. The number of benzene rings is 1. The minimum atomic E-state index is -0.347. The maximum atomic E-state index is 12.9. The summed E-state index contributed by atoms with van der Waals surface area (Å²) in [4.78, 5) is 14.5. The summed E-state index contributed by atoms with van der Waals surface area (Å²) < 4.78 is 12.9. The molecule has 1 atom stereocenters. The van der Waals surface area contributed by atoms with E-state index in [1.165, 1.54) is 35.6 Å². The van der Waals surface area contributed by atoms with Crippen LogP contribution in [0.15, 0.2) is 24.3 Å². The Balaban J connectivity index is 0.00000243. The van der Waals surface area contributed by atoms with Crippen molar-refractivity contribution in [2.24, 2.45) is 11.1 Å². The van der Waals surface area contributed by atoms with Gasteiger partial charge in [0.2, 0.25) is 5.01 Å². The molecule has 6 nitrogen and oxygen atoms in total. The third-order valence-electron chi connectivity index (χ3n) is 4.51. The van der Waals surface area contributed by atoms with E-state index in [2.05, 4.69) is 34.3 Å². The Kier molecular flexibility index (Phi) is 6.68. The lowest BCUT2D eigenvalue weighted by atomic mass is 9.80. The van der Waals surface area contributed by atoms with Crippen LogP contribution in [-0.4, -0.2) is 40.1 Å². The summed E-state index contributed by atoms with van der Waals surface area (Å²) in [6.07, 6.45) is 0.948. The fraction of sp³-hybridized carbons (Fsp3) is 0.471. The number of amides is 1. The van der Waals surface area contributed by atoms with Crippen LogP contribution in [0.1, 0.15) is 35.1 Å². The molecule has 2 heterocycles. The molecule has 0 aliphatic carbocycles. The minimum Gasteiger partial charge on any atom is -0.327 e. The number of aromatic nitrogens is 2. The lowest BCUT2D eigenvalue weighted by Gasteiger charge is -2.42. The lowest BCUT2D eigenvalue weighted by molar-refractivity contribution is 0.0896. The number of nitrogens with one attached hydrogen (secondary N) is 1. The molecule has 0 spiro atoms. The molecule has 0 radical (unpaired) electrons. The number of halogens is 2. The highest BCUT2D eigenvalue weighted by atomic mass is 35.5. The van der Waals surface area contributed by atoms with Gasteiger partial charge >= 0.3 is 0 Å². The number of piperidine rings is 1. The standard InChI is InChI=1S/C17H22FN5OS.ClH/c1-17(2)10-23(8-7-13(17)19)9-14-21-22-16(25-14)15(24)20-12-5-3-11(18)4-6-12;/h3-6,13H,7-10,19H2,1-2H3,(H,20,24);1H. The molecule has 0 saturated carbocycles. The maximum Gasteiger partial charge on any atom is 0.286 e. The Morgan fingerprint density at radius 2 is 2.08 bits per heavy atom. The highest BCUT2D eigenvalue weighted by Crippen LogP contribution is 2.29. The predicted octanol–water partition coefficient (Wildman–Crippen LogP) is 2.91. The van der Waals surface area contributed by atoms with Crippen molar-refractivity contribution in [1.82, 2.24) is 15.1 Å². The van der Waals surface area contributed by atoms with Crippen LogP contribution in [0.2, 0.25) is 0 Å². The van der Waals surface area contributed by atoms with Crippen LogP contribution < -0.4 is 11.1 Å². The van der Waals surface area contributed by atoms with Crippen LogP contribution in [0.25, 0.3) is 0 Å². The Bertz CT molecular complexity index is 752. The summed E-state index contributed by atoms with van der Waals surface area (Å²) >= 11 is 1.28. The van der Waals surface area contributed by atoms with Crippen LogP contribution in [0.4, 0.5) is 10.1 Å². The summed E-state index contributed by atoms with van der Waals surface area (Å²) in [5.74, 6) is -0.684. The summed E-state index contributed by atoms with van der Waals surface area (Å²) in [5, 5.41) is 11.9. The average molecular weight is 400 g/mol. The summed E-state index contributed by atoms with van der Waals surface area (Å²) in [6.45, 7) is 6.82. The topological polar surface area (TPSA) is 84.1 Å². The van der Waals surface area contributed by atoms with Crippen molar-refractivity contribution in [1.29, 1.82) is 0 Å². The van der Waals surface area contributed by atoms with E-state index in [9.17, 15) is 9.18 Å². The maximum absolute atomic E-state index is 12.9. The zero-order valence-electron chi connectivity index (χ0n) is 14.7. The third kappa shape index (κ3) is 4.97. The molecule has 3 N–H and O–H groups in total. The number of rotatable bonds is 4. The first kappa shape index (κ1) is 20.7. The van der Waals surface area contributed by atoms with Gasteiger partial charge < -0.3 is 11.1 Å². The van der Waals surface area contributed by atoms with Gasteiger partial charge in [-0.1, -0.05) is 25.2 Å². The molecule has 1 aromatic heterocycles. The molecule has 1 saturated heterocycles. The molecular weight excluding hydrogens is 377 g/mol. The number of hydrogen-bond donors (Lipinski definition) is 2. The minimum absolute atomic E-state index is 0. The van der Waals surface area contributed by atoms with E-state index in [4.69, 9.17) is 5.73 Å². The molecule has 1 aliphatic rings. The summed E-state index contributed by atoms with van der Waals surface area (Å²) in [6, 6.07) is 5.81. The number of nitrogens with zero attached hydrogens (tertiary/aromatic N) is 3. The second-order valence-electron chi connectivity index (χ2n) is 7.06. The van der Waals surface area contributed by atoms with E-state index >= 15 is 0 Å². The van der Waals surface area contributed by atoms with Gasteiger partial charge in [0.25, 0.3) is 5.91 Å². The molecule has 2 aromatic rings. The first-order valence-corrected chi connectivity index (χ1v) is 9.02. The second kappa shape index (κ2) is 8.39.